The van der Waals surface area contributed by atoms with Crippen molar-refractivity contribution in [3.05, 3.63) is 60.4 Å². The topological polar surface area (TPSA) is 86.5 Å². The third-order valence-corrected chi connectivity index (χ3v) is 3.30. The molecule has 0 spiro atoms. The maximum atomic E-state index is 9.02. The fraction of sp³-hybridized carbons (Fsp3) is 0.111. The van der Waals surface area contributed by atoms with Crippen LogP contribution in [0, 0.1) is 11.3 Å². The van der Waals surface area contributed by atoms with Crippen LogP contribution in [0.1, 0.15) is 12.5 Å². The van der Waals surface area contributed by atoms with Crippen molar-refractivity contribution in [2.24, 2.45) is 0 Å². The second-order valence-corrected chi connectivity index (χ2v) is 5.05. The van der Waals surface area contributed by atoms with E-state index in [1.54, 1.807) is 24.5 Å². The standard InChI is InChI=1S/C18H16N6/c1-2-21-18-23-16(14-6-8-20-9-7-14)11-17(24-18)22-15-5-3-4-13(10-15)12-19/h3-11H,2H2,1H3,(H2,21,22,23,24). The second kappa shape index (κ2) is 7.20. The number of hydrogen-bond acceptors (Lipinski definition) is 6. The molecule has 0 aliphatic rings. The van der Waals surface area contributed by atoms with Gasteiger partial charge in [0.2, 0.25) is 5.95 Å². The Morgan fingerprint density at radius 2 is 1.92 bits per heavy atom. The van der Waals surface area contributed by atoms with Crippen LogP contribution in [0.3, 0.4) is 0 Å². The second-order valence-electron chi connectivity index (χ2n) is 5.05. The Balaban J connectivity index is 1.97. The van der Waals surface area contributed by atoms with Crippen LogP contribution in [0.15, 0.2) is 54.9 Å². The van der Waals surface area contributed by atoms with Crippen LogP contribution in [-0.2, 0) is 0 Å². The Labute approximate surface area is 140 Å². The van der Waals surface area contributed by atoms with Gasteiger partial charge < -0.3 is 10.6 Å². The van der Waals surface area contributed by atoms with Crippen molar-refractivity contribution in [3.63, 3.8) is 0 Å². The lowest BCUT2D eigenvalue weighted by molar-refractivity contribution is 1.09. The quantitative estimate of drug-likeness (QED) is 0.748. The zero-order chi connectivity index (χ0) is 16.8. The predicted octanol–water partition coefficient (Wildman–Crippen LogP) is 3.59. The average Bonchev–Trinajstić information content (AvgIpc) is 2.63. The molecule has 0 aliphatic heterocycles. The molecule has 1 aromatic carbocycles. The zero-order valence-corrected chi connectivity index (χ0v) is 13.2. The molecule has 0 fully saturated rings. The van der Waals surface area contributed by atoms with Gasteiger partial charge in [-0.2, -0.15) is 10.2 Å². The van der Waals surface area contributed by atoms with Gasteiger partial charge in [0.25, 0.3) is 0 Å². The summed E-state index contributed by atoms with van der Waals surface area (Å²) in [5, 5.41) is 15.4. The van der Waals surface area contributed by atoms with Crippen molar-refractivity contribution >= 4 is 17.5 Å². The Morgan fingerprint density at radius 1 is 1.08 bits per heavy atom. The number of anilines is 3. The number of nitrogens with zero attached hydrogens (tertiary/aromatic N) is 4. The Morgan fingerprint density at radius 3 is 2.67 bits per heavy atom. The van der Waals surface area contributed by atoms with E-state index < -0.39 is 0 Å². The SMILES string of the molecule is CCNc1nc(Nc2cccc(C#N)c2)cc(-c2ccncc2)n1. The Bertz CT molecular complexity index is 870. The van der Waals surface area contributed by atoms with E-state index in [1.807, 2.05) is 37.3 Å². The van der Waals surface area contributed by atoms with Crippen LogP contribution in [0.4, 0.5) is 17.5 Å². The highest BCUT2D eigenvalue weighted by Crippen LogP contribution is 2.23. The first-order valence-corrected chi connectivity index (χ1v) is 7.59. The van der Waals surface area contributed by atoms with Gasteiger partial charge in [-0.3, -0.25) is 4.98 Å². The molecule has 0 atom stereocenters. The van der Waals surface area contributed by atoms with Crippen LogP contribution in [0.25, 0.3) is 11.3 Å². The predicted molar refractivity (Wildman–Crippen MR) is 93.9 cm³/mol. The van der Waals surface area contributed by atoms with Gasteiger partial charge in [-0.05, 0) is 37.3 Å². The van der Waals surface area contributed by atoms with Crippen molar-refractivity contribution in [1.82, 2.24) is 15.0 Å². The highest BCUT2D eigenvalue weighted by atomic mass is 15.1. The van der Waals surface area contributed by atoms with Crippen molar-refractivity contribution < 1.29 is 0 Å². The highest BCUT2D eigenvalue weighted by molar-refractivity contribution is 5.67. The first-order chi connectivity index (χ1) is 11.8. The zero-order valence-electron chi connectivity index (χ0n) is 13.2. The third-order valence-electron chi connectivity index (χ3n) is 3.30. The van der Waals surface area contributed by atoms with E-state index in [0.717, 1.165) is 23.5 Å². The van der Waals surface area contributed by atoms with E-state index in [-0.39, 0.29) is 0 Å². The van der Waals surface area contributed by atoms with Gasteiger partial charge in [0, 0.05) is 36.3 Å². The van der Waals surface area contributed by atoms with Crippen molar-refractivity contribution in [2.45, 2.75) is 6.92 Å². The molecule has 118 valence electrons. The lowest BCUT2D eigenvalue weighted by Gasteiger charge is -2.11. The van der Waals surface area contributed by atoms with Crippen molar-refractivity contribution in [3.8, 4) is 17.3 Å². The maximum Gasteiger partial charge on any atom is 0.225 e. The molecule has 0 aliphatic carbocycles. The van der Waals surface area contributed by atoms with Crippen LogP contribution in [0.2, 0.25) is 0 Å². The molecular formula is C18H16N6. The molecule has 0 radical (unpaired) electrons. The van der Waals surface area contributed by atoms with Crippen molar-refractivity contribution in [2.75, 3.05) is 17.2 Å². The molecule has 0 bridgehead atoms. The molecule has 24 heavy (non-hydrogen) atoms. The van der Waals surface area contributed by atoms with Gasteiger partial charge in [0.15, 0.2) is 0 Å². The summed E-state index contributed by atoms with van der Waals surface area (Å²) in [7, 11) is 0. The molecule has 3 rings (SSSR count). The summed E-state index contributed by atoms with van der Waals surface area (Å²) in [6, 6.07) is 15.1. The molecule has 0 saturated heterocycles. The number of benzene rings is 1. The molecule has 6 nitrogen and oxygen atoms in total. The monoisotopic (exact) mass is 316 g/mol. The van der Waals surface area contributed by atoms with E-state index in [2.05, 4.69) is 31.7 Å². The molecule has 3 aromatic rings. The molecule has 0 saturated carbocycles. The Hall–Kier alpha value is -3.46. The number of rotatable bonds is 5. The van der Waals surface area contributed by atoms with Crippen LogP contribution < -0.4 is 10.6 Å². The van der Waals surface area contributed by atoms with Gasteiger partial charge in [-0.1, -0.05) is 6.07 Å². The first kappa shape index (κ1) is 15.4. The molecule has 2 heterocycles. The van der Waals surface area contributed by atoms with E-state index in [9.17, 15) is 0 Å². The third kappa shape index (κ3) is 3.65. The van der Waals surface area contributed by atoms with E-state index in [0.29, 0.717) is 17.3 Å². The summed E-state index contributed by atoms with van der Waals surface area (Å²) in [5.74, 6) is 1.20. The van der Waals surface area contributed by atoms with E-state index in [1.165, 1.54) is 0 Å². The van der Waals surface area contributed by atoms with Crippen molar-refractivity contribution in [1.29, 1.82) is 5.26 Å². The minimum atomic E-state index is 0.547. The van der Waals surface area contributed by atoms with E-state index >= 15 is 0 Å². The fourth-order valence-corrected chi connectivity index (χ4v) is 2.23. The number of nitriles is 1. The summed E-state index contributed by atoms with van der Waals surface area (Å²) in [4.78, 5) is 13.0. The van der Waals surface area contributed by atoms with Gasteiger partial charge in [0.05, 0.1) is 17.3 Å². The summed E-state index contributed by atoms with van der Waals surface area (Å²) in [5.41, 5.74) is 3.15. The Kier molecular flexibility index (Phi) is 4.63. The molecule has 0 unspecified atom stereocenters. The lowest BCUT2D eigenvalue weighted by Crippen LogP contribution is -2.05. The molecule has 2 aromatic heterocycles. The molecular weight excluding hydrogens is 300 g/mol. The fourth-order valence-electron chi connectivity index (χ4n) is 2.23. The van der Waals surface area contributed by atoms with Gasteiger partial charge in [-0.25, -0.2) is 4.98 Å². The maximum absolute atomic E-state index is 9.02. The average molecular weight is 316 g/mol. The summed E-state index contributed by atoms with van der Waals surface area (Å²) in [6.45, 7) is 2.72. The van der Waals surface area contributed by atoms with Gasteiger partial charge in [-0.15, -0.1) is 0 Å². The molecule has 6 heteroatoms. The van der Waals surface area contributed by atoms with Gasteiger partial charge in [0.1, 0.15) is 5.82 Å². The number of pyridine rings is 1. The normalized spacial score (nSPS) is 10.0. The molecule has 0 amide bonds. The van der Waals surface area contributed by atoms with Crippen LogP contribution >= 0.6 is 0 Å². The number of hydrogen-bond donors (Lipinski definition) is 2. The van der Waals surface area contributed by atoms with E-state index in [4.69, 9.17) is 5.26 Å². The number of aromatic nitrogens is 3. The molecule has 2 N–H and O–H groups in total. The summed E-state index contributed by atoms with van der Waals surface area (Å²) >= 11 is 0. The highest BCUT2D eigenvalue weighted by Gasteiger charge is 2.07. The largest absolute Gasteiger partial charge is 0.354 e. The smallest absolute Gasteiger partial charge is 0.225 e. The summed E-state index contributed by atoms with van der Waals surface area (Å²) in [6.07, 6.45) is 3.46. The minimum Gasteiger partial charge on any atom is -0.354 e. The lowest BCUT2D eigenvalue weighted by atomic mass is 10.2. The van der Waals surface area contributed by atoms with Gasteiger partial charge >= 0.3 is 0 Å². The summed E-state index contributed by atoms with van der Waals surface area (Å²) < 4.78 is 0. The minimum absolute atomic E-state index is 0.547. The van der Waals surface area contributed by atoms with Crippen LogP contribution in [0.5, 0.6) is 0 Å². The van der Waals surface area contributed by atoms with Crippen LogP contribution in [-0.4, -0.2) is 21.5 Å². The number of nitrogens with one attached hydrogen (secondary N) is 2. The first-order valence-electron chi connectivity index (χ1n) is 7.59.